The summed E-state index contributed by atoms with van der Waals surface area (Å²) in [7, 11) is 1.17. The summed E-state index contributed by atoms with van der Waals surface area (Å²) >= 11 is 0. The number of hydrogen-bond acceptors (Lipinski definition) is 2. The third-order valence-corrected chi connectivity index (χ3v) is 7.77. The number of benzene rings is 2. The molecule has 10 heteroatoms. The minimum absolute atomic E-state index is 0.000985. The summed E-state index contributed by atoms with van der Waals surface area (Å²) in [6.07, 6.45) is -0.617. The summed E-state index contributed by atoms with van der Waals surface area (Å²) in [5.74, 6) is -3.90. The van der Waals surface area contributed by atoms with Crippen LogP contribution in [0.3, 0.4) is 0 Å². The number of alkyl halides is 5. The number of halogens is 8. The van der Waals surface area contributed by atoms with Crippen molar-refractivity contribution in [1.82, 2.24) is 0 Å². The second kappa shape index (κ2) is 11.9. The van der Waals surface area contributed by atoms with Gasteiger partial charge >= 0.3 is 12.3 Å². The highest BCUT2D eigenvalue weighted by Crippen LogP contribution is 2.41. The van der Waals surface area contributed by atoms with E-state index < -0.39 is 47.0 Å². The van der Waals surface area contributed by atoms with Crippen LogP contribution in [-0.4, -0.2) is 13.2 Å². The van der Waals surface area contributed by atoms with E-state index in [-0.39, 0.29) is 23.5 Å². The van der Waals surface area contributed by atoms with Crippen LogP contribution in [-0.2, 0) is 17.0 Å². The second-order valence-corrected chi connectivity index (χ2v) is 10.4. The van der Waals surface area contributed by atoms with Crippen LogP contribution in [0, 0.1) is 29.3 Å². The van der Waals surface area contributed by atoms with Crippen LogP contribution in [0.5, 0.6) is 5.75 Å². The van der Waals surface area contributed by atoms with E-state index in [0.717, 1.165) is 37.8 Å². The van der Waals surface area contributed by atoms with Crippen LogP contribution in [0.25, 0.3) is 0 Å². The molecule has 0 atom stereocenters. The van der Waals surface area contributed by atoms with E-state index in [1.54, 1.807) is 0 Å². The fourth-order valence-corrected chi connectivity index (χ4v) is 5.59. The number of hydrogen-bond donors (Lipinski definition) is 0. The maximum atomic E-state index is 14.6. The topological polar surface area (TPSA) is 18.5 Å². The first-order chi connectivity index (χ1) is 18.4. The van der Waals surface area contributed by atoms with E-state index in [2.05, 4.69) is 12.2 Å². The van der Waals surface area contributed by atoms with Gasteiger partial charge in [-0.25, -0.2) is 13.2 Å². The monoisotopic (exact) mass is 562 g/mol. The Morgan fingerprint density at radius 2 is 1.26 bits per heavy atom. The molecule has 0 N–H and O–H groups in total. The Morgan fingerprint density at radius 1 is 0.718 bits per heavy atom. The third-order valence-electron chi connectivity index (χ3n) is 7.77. The number of rotatable bonds is 7. The zero-order valence-electron chi connectivity index (χ0n) is 21.3. The molecule has 39 heavy (non-hydrogen) atoms. The lowest BCUT2D eigenvalue weighted by atomic mass is 9.77. The van der Waals surface area contributed by atoms with E-state index in [0.29, 0.717) is 43.4 Å². The zero-order valence-corrected chi connectivity index (χ0v) is 21.3. The molecule has 2 aliphatic carbocycles. The fraction of sp³-hybridized carbons (Fsp3) is 0.517. The first-order valence-electron chi connectivity index (χ1n) is 13.0. The second-order valence-electron chi connectivity index (χ2n) is 10.4. The van der Waals surface area contributed by atoms with Crippen molar-refractivity contribution >= 4 is 0 Å². The normalized spacial score (nSPS) is 24.7. The van der Waals surface area contributed by atoms with E-state index in [4.69, 9.17) is 9.47 Å². The van der Waals surface area contributed by atoms with E-state index in [1.807, 2.05) is 0 Å². The van der Waals surface area contributed by atoms with Crippen LogP contribution in [0.15, 0.2) is 42.5 Å². The minimum Gasteiger partial charge on any atom is -0.497 e. The average molecular weight is 563 g/mol. The maximum Gasteiger partial charge on any atom is 0.419 e. The molecule has 2 aromatic rings. The molecule has 2 aliphatic rings. The molecule has 0 bridgehead atoms. The molecule has 214 valence electrons. The van der Waals surface area contributed by atoms with Gasteiger partial charge in [-0.2, -0.15) is 22.0 Å². The Balaban J connectivity index is 1.25. The Hall–Kier alpha value is -2.62. The van der Waals surface area contributed by atoms with Gasteiger partial charge in [-0.05, 0) is 86.8 Å². The average Bonchev–Trinajstić information content (AvgIpc) is 2.87. The van der Waals surface area contributed by atoms with Crippen molar-refractivity contribution in [2.24, 2.45) is 11.8 Å². The van der Waals surface area contributed by atoms with Crippen molar-refractivity contribution in [3.05, 3.63) is 76.6 Å². The van der Waals surface area contributed by atoms with Gasteiger partial charge in [-0.15, -0.1) is 0 Å². The first kappa shape index (κ1) is 29.4. The Kier molecular flexibility index (Phi) is 8.93. The van der Waals surface area contributed by atoms with Gasteiger partial charge in [0, 0.05) is 12.1 Å². The smallest absolute Gasteiger partial charge is 0.419 e. The molecule has 2 saturated carbocycles. The lowest BCUT2D eigenvalue weighted by Gasteiger charge is -2.31. The zero-order chi connectivity index (χ0) is 28.4. The fourth-order valence-electron chi connectivity index (χ4n) is 5.59. The van der Waals surface area contributed by atoms with Crippen molar-refractivity contribution in [3.8, 4) is 5.75 Å². The molecule has 0 amide bonds. The summed E-state index contributed by atoms with van der Waals surface area (Å²) in [6.45, 7) is 0. The van der Waals surface area contributed by atoms with Crippen molar-refractivity contribution in [2.45, 2.75) is 75.7 Å². The number of allylic oxidation sites excluding steroid dienone is 2. The van der Waals surface area contributed by atoms with Crippen molar-refractivity contribution in [3.63, 3.8) is 0 Å². The maximum absolute atomic E-state index is 14.6. The molecule has 2 aromatic carbocycles. The molecule has 4 rings (SSSR count). The predicted molar refractivity (Wildman–Crippen MR) is 129 cm³/mol. The molecular weight excluding hydrogens is 532 g/mol. The first-order valence-corrected chi connectivity index (χ1v) is 13.0. The summed E-state index contributed by atoms with van der Waals surface area (Å²) in [5.41, 5.74) is -2.11. The highest BCUT2D eigenvalue weighted by molar-refractivity contribution is 5.32. The largest absolute Gasteiger partial charge is 0.497 e. The minimum atomic E-state index is -4.72. The van der Waals surface area contributed by atoms with E-state index in [1.165, 1.54) is 13.2 Å². The van der Waals surface area contributed by atoms with Crippen molar-refractivity contribution in [2.75, 3.05) is 7.11 Å². The summed E-state index contributed by atoms with van der Waals surface area (Å²) in [4.78, 5) is 0. The highest BCUT2D eigenvalue weighted by Gasteiger charge is 2.42. The van der Waals surface area contributed by atoms with Crippen LogP contribution >= 0.6 is 0 Å². The Morgan fingerprint density at radius 3 is 1.74 bits per heavy atom. The van der Waals surface area contributed by atoms with Crippen molar-refractivity contribution < 1.29 is 44.6 Å². The molecule has 0 aromatic heterocycles. The summed E-state index contributed by atoms with van der Waals surface area (Å²) < 4.78 is 119. The molecule has 0 saturated heterocycles. The van der Waals surface area contributed by atoms with E-state index >= 15 is 0 Å². The van der Waals surface area contributed by atoms with Gasteiger partial charge in [0.15, 0.2) is 0 Å². The third kappa shape index (κ3) is 7.13. The lowest BCUT2D eigenvalue weighted by molar-refractivity contribution is -0.280. The van der Waals surface area contributed by atoms with Gasteiger partial charge in [0.1, 0.15) is 28.8 Å². The standard InChI is InChI=1S/C29H30F8O2/c1-38-22-15-25(31)27(26(32)16-22)29(36,37)39-21-11-6-18(7-12-21)3-2-17-4-8-19(9-5-17)20-10-13-23(24(30)14-20)28(33,34)35/h2-3,10,13-19,21H,4-9,11-12H2,1H3/b3-2+. The van der Waals surface area contributed by atoms with Crippen LogP contribution < -0.4 is 4.74 Å². The lowest BCUT2D eigenvalue weighted by Crippen LogP contribution is -2.31. The molecule has 0 spiro atoms. The Labute approximate surface area is 222 Å². The van der Waals surface area contributed by atoms with Gasteiger partial charge < -0.3 is 9.47 Å². The molecule has 0 heterocycles. The van der Waals surface area contributed by atoms with E-state index in [9.17, 15) is 35.1 Å². The van der Waals surface area contributed by atoms with Crippen LogP contribution in [0.1, 0.15) is 74.0 Å². The van der Waals surface area contributed by atoms with Gasteiger partial charge in [0.25, 0.3) is 0 Å². The van der Waals surface area contributed by atoms with Crippen molar-refractivity contribution in [1.29, 1.82) is 0 Å². The molecule has 2 fully saturated rings. The van der Waals surface area contributed by atoms with Gasteiger partial charge in [-0.1, -0.05) is 18.2 Å². The molecular formula is C29H30F8O2. The molecule has 0 aliphatic heterocycles. The van der Waals surface area contributed by atoms with Gasteiger partial charge in [-0.3, -0.25) is 0 Å². The Bertz CT molecular complexity index is 1140. The van der Waals surface area contributed by atoms with Gasteiger partial charge in [0.2, 0.25) is 0 Å². The number of methoxy groups -OCH3 is 1. The van der Waals surface area contributed by atoms with Crippen LogP contribution in [0.2, 0.25) is 0 Å². The summed E-state index contributed by atoms with van der Waals surface area (Å²) in [6, 6.07) is 4.52. The SMILES string of the molecule is COc1cc(F)c(C(F)(F)OC2CCC(/C=C/C3CCC(c4ccc(C(F)(F)F)c(F)c4)CC3)CC2)c(F)c1. The summed E-state index contributed by atoms with van der Waals surface area (Å²) in [5, 5.41) is 0. The number of ether oxygens (including phenoxy) is 2. The highest BCUT2D eigenvalue weighted by atomic mass is 19.4. The van der Waals surface area contributed by atoms with Crippen LogP contribution in [0.4, 0.5) is 35.1 Å². The predicted octanol–water partition coefficient (Wildman–Crippen LogP) is 9.29. The van der Waals surface area contributed by atoms with Gasteiger partial charge in [0.05, 0.1) is 18.8 Å². The quantitative estimate of drug-likeness (QED) is 0.247. The molecule has 0 unspecified atom stereocenters. The molecule has 2 nitrogen and oxygen atoms in total. The molecule has 0 radical (unpaired) electrons.